The number of carbonyl (C=O) groups excluding carboxylic acids is 1. The van der Waals surface area contributed by atoms with Gasteiger partial charge in [-0.1, -0.05) is 70.4 Å². The summed E-state index contributed by atoms with van der Waals surface area (Å²) in [4.78, 5) is 12.4. The summed E-state index contributed by atoms with van der Waals surface area (Å²) in [5, 5.41) is 5.88. The summed E-state index contributed by atoms with van der Waals surface area (Å²) < 4.78 is 24.9. The van der Waals surface area contributed by atoms with Crippen molar-refractivity contribution < 1.29 is 18.4 Å². The zero-order chi connectivity index (χ0) is 22.1. The van der Waals surface area contributed by atoms with Crippen molar-refractivity contribution in [3.8, 4) is 0 Å². The molecule has 1 aromatic carbocycles. The highest BCUT2D eigenvalue weighted by Gasteiger charge is 2.30. The topological polar surface area (TPSA) is 76.7 Å². The van der Waals surface area contributed by atoms with Crippen molar-refractivity contribution in [1.29, 1.82) is 0 Å². The van der Waals surface area contributed by atoms with E-state index in [1.54, 1.807) is 0 Å². The number of hydrogen-bond donors (Lipinski definition) is 2. The van der Waals surface area contributed by atoms with Crippen LogP contribution < -0.4 is 10.6 Å². The molecule has 0 radical (unpaired) electrons. The molecule has 0 fully saturated rings. The van der Waals surface area contributed by atoms with Gasteiger partial charge in [0.2, 0.25) is 0 Å². The molecule has 0 aliphatic heterocycles. The van der Waals surface area contributed by atoms with Crippen molar-refractivity contribution in [1.82, 2.24) is 10.6 Å². The molecule has 1 aromatic rings. The molecule has 0 saturated carbocycles. The van der Waals surface area contributed by atoms with Crippen LogP contribution >= 0.6 is 7.60 Å². The van der Waals surface area contributed by atoms with Gasteiger partial charge in [0.1, 0.15) is 0 Å². The van der Waals surface area contributed by atoms with Gasteiger partial charge in [0.25, 0.3) is 0 Å². The molecule has 0 saturated heterocycles. The van der Waals surface area contributed by atoms with Gasteiger partial charge in [-0.25, -0.2) is 4.79 Å². The van der Waals surface area contributed by atoms with Gasteiger partial charge in [-0.15, -0.1) is 0 Å². The number of carbonyl (C=O) groups is 1. The average molecular weight is 441 g/mol. The van der Waals surface area contributed by atoms with Crippen LogP contribution in [0.2, 0.25) is 0 Å². The van der Waals surface area contributed by atoms with Crippen LogP contribution in [0.15, 0.2) is 30.3 Å². The van der Waals surface area contributed by atoms with E-state index in [0.717, 1.165) is 44.9 Å². The first-order valence-electron chi connectivity index (χ1n) is 11.5. The lowest BCUT2D eigenvalue weighted by Crippen LogP contribution is -2.44. The van der Waals surface area contributed by atoms with Crippen molar-refractivity contribution >= 4 is 13.6 Å². The van der Waals surface area contributed by atoms with Gasteiger partial charge >= 0.3 is 13.6 Å². The van der Waals surface area contributed by atoms with Crippen LogP contribution in [0, 0.1) is 0 Å². The fourth-order valence-electron chi connectivity index (χ4n) is 2.92. The molecule has 0 aliphatic rings. The quantitative estimate of drug-likeness (QED) is 0.233. The SMILES string of the molecule is CCCCNC(=O)NC(CCc1ccccc1)CP(=O)(OCCCC)OCCCC. The minimum atomic E-state index is -3.29. The lowest BCUT2D eigenvalue weighted by Gasteiger charge is -2.25. The van der Waals surface area contributed by atoms with Crippen molar-refractivity contribution in [2.24, 2.45) is 0 Å². The monoisotopic (exact) mass is 440 g/mol. The minimum Gasteiger partial charge on any atom is -0.338 e. The maximum atomic E-state index is 13.4. The highest BCUT2D eigenvalue weighted by molar-refractivity contribution is 7.53. The predicted octanol–water partition coefficient (Wildman–Crippen LogP) is 5.91. The second-order valence-electron chi connectivity index (χ2n) is 7.64. The van der Waals surface area contributed by atoms with E-state index in [4.69, 9.17) is 9.05 Å². The molecule has 0 aliphatic carbocycles. The number of amides is 2. The van der Waals surface area contributed by atoms with Crippen LogP contribution in [0.5, 0.6) is 0 Å². The molecule has 0 spiro atoms. The summed E-state index contributed by atoms with van der Waals surface area (Å²) in [6.07, 6.45) is 7.18. The fraction of sp³-hybridized carbons (Fsp3) is 0.696. The standard InChI is InChI=1S/C23H41N2O4P/c1-4-7-17-24-23(26)25-22(16-15-21-13-11-10-12-14-21)20-30(27,28-18-8-5-2)29-19-9-6-3/h10-14,22H,4-9,15-20H2,1-3H3,(H2,24,25,26). The van der Waals surface area contributed by atoms with Crippen LogP contribution in [0.25, 0.3) is 0 Å². The summed E-state index contributed by atoms with van der Waals surface area (Å²) >= 11 is 0. The number of urea groups is 1. The number of benzene rings is 1. The van der Waals surface area contributed by atoms with E-state index in [1.165, 1.54) is 5.56 Å². The van der Waals surface area contributed by atoms with E-state index in [1.807, 2.05) is 18.2 Å². The molecule has 0 bridgehead atoms. The van der Waals surface area contributed by atoms with Gasteiger partial charge in [-0.05, 0) is 37.7 Å². The molecule has 1 atom stereocenters. The Morgan fingerprint density at radius 1 is 0.967 bits per heavy atom. The highest BCUT2D eigenvalue weighted by Crippen LogP contribution is 2.49. The molecule has 7 heteroatoms. The van der Waals surface area contributed by atoms with E-state index >= 15 is 0 Å². The first-order chi connectivity index (χ1) is 14.5. The molecule has 172 valence electrons. The second kappa shape index (κ2) is 16.3. The highest BCUT2D eigenvalue weighted by atomic mass is 31.2. The first kappa shape index (κ1) is 26.7. The Morgan fingerprint density at radius 2 is 1.57 bits per heavy atom. The molecule has 2 amide bonds. The van der Waals surface area contributed by atoms with E-state index in [9.17, 15) is 9.36 Å². The Bertz CT molecular complexity index is 598. The average Bonchev–Trinajstić information content (AvgIpc) is 2.73. The van der Waals surface area contributed by atoms with Crippen molar-refractivity contribution in [2.75, 3.05) is 25.9 Å². The number of rotatable bonds is 17. The summed E-state index contributed by atoms with van der Waals surface area (Å²) in [6.45, 7) is 7.67. The number of hydrogen-bond acceptors (Lipinski definition) is 4. The molecule has 6 nitrogen and oxygen atoms in total. The third-order valence-corrected chi connectivity index (χ3v) is 6.83. The zero-order valence-electron chi connectivity index (χ0n) is 19.0. The van der Waals surface area contributed by atoms with Crippen LogP contribution in [0.1, 0.15) is 71.3 Å². The van der Waals surface area contributed by atoms with Gasteiger partial charge in [0, 0.05) is 12.6 Å². The molecule has 1 rings (SSSR count). The predicted molar refractivity (Wildman–Crippen MR) is 124 cm³/mol. The molecule has 0 heterocycles. The van der Waals surface area contributed by atoms with Crippen molar-refractivity contribution in [3.05, 3.63) is 35.9 Å². The lowest BCUT2D eigenvalue weighted by atomic mass is 10.1. The number of aryl methyl sites for hydroxylation is 1. The minimum absolute atomic E-state index is 0.189. The molecule has 2 N–H and O–H groups in total. The zero-order valence-corrected chi connectivity index (χ0v) is 19.9. The Balaban J connectivity index is 2.79. The maximum absolute atomic E-state index is 13.4. The summed E-state index contributed by atoms with van der Waals surface area (Å²) in [5.74, 6) is 0. The third kappa shape index (κ3) is 12.4. The first-order valence-corrected chi connectivity index (χ1v) is 13.2. The molecular formula is C23H41N2O4P. The Hall–Kier alpha value is -1.36. The molecule has 1 unspecified atom stereocenters. The van der Waals surface area contributed by atoms with Gasteiger partial charge < -0.3 is 19.7 Å². The maximum Gasteiger partial charge on any atom is 0.332 e. The summed E-state index contributed by atoms with van der Waals surface area (Å²) in [7, 11) is -3.29. The summed E-state index contributed by atoms with van der Waals surface area (Å²) in [5.41, 5.74) is 1.18. The van der Waals surface area contributed by atoms with Crippen LogP contribution in [0.4, 0.5) is 4.79 Å². The number of nitrogens with one attached hydrogen (secondary N) is 2. The lowest BCUT2D eigenvalue weighted by molar-refractivity contribution is 0.196. The third-order valence-electron chi connectivity index (χ3n) is 4.79. The summed E-state index contributed by atoms with van der Waals surface area (Å²) in [6, 6.07) is 9.60. The molecular weight excluding hydrogens is 399 g/mol. The smallest absolute Gasteiger partial charge is 0.332 e. The Morgan fingerprint density at radius 3 is 2.13 bits per heavy atom. The normalized spacial score (nSPS) is 12.5. The van der Waals surface area contributed by atoms with Crippen molar-refractivity contribution in [2.45, 2.75) is 78.2 Å². The van der Waals surface area contributed by atoms with Crippen LogP contribution in [-0.4, -0.2) is 38.0 Å². The van der Waals surface area contributed by atoms with Crippen molar-refractivity contribution in [3.63, 3.8) is 0 Å². The largest absolute Gasteiger partial charge is 0.338 e. The van der Waals surface area contributed by atoms with Crippen LogP contribution in [0.3, 0.4) is 0 Å². The number of unbranched alkanes of at least 4 members (excludes halogenated alkanes) is 3. The molecule has 0 aromatic heterocycles. The van der Waals surface area contributed by atoms with Gasteiger partial charge in [-0.2, -0.15) is 0 Å². The van der Waals surface area contributed by atoms with E-state index in [-0.39, 0.29) is 18.2 Å². The van der Waals surface area contributed by atoms with Gasteiger partial charge in [0.05, 0.1) is 19.4 Å². The van der Waals surface area contributed by atoms with Gasteiger partial charge in [-0.3, -0.25) is 4.57 Å². The Labute approximate surface area is 183 Å². The van der Waals surface area contributed by atoms with E-state index < -0.39 is 7.60 Å². The fourth-order valence-corrected chi connectivity index (χ4v) is 4.83. The van der Waals surface area contributed by atoms with E-state index in [0.29, 0.717) is 26.2 Å². The Kier molecular flexibility index (Phi) is 14.5. The van der Waals surface area contributed by atoms with E-state index in [2.05, 4.69) is 43.5 Å². The van der Waals surface area contributed by atoms with Crippen LogP contribution in [-0.2, 0) is 20.0 Å². The van der Waals surface area contributed by atoms with Gasteiger partial charge in [0.15, 0.2) is 0 Å². The second-order valence-corrected chi connectivity index (χ2v) is 9.75. The molecule has 30 heavy (non-hydrogen) atoms.